The fourth-order valence-electron chi connectivity index (χ4n) is 7.96. The standard InChI is InChI=1S/C30H38O9/c1-15-12-20-29(14-37-20,39-17(3)31)23-25(38-26(35)18-10-8-7-9-11-18)30(36)13-19(32)16(2)21(27(30,4)5)22(33)24(34)28(15,23)6/h7-11,15,19-20,22-23,25,32-33,36H,12-14H2,1-6H3/t15-,19?,20+,22+,23-,25-,28+,29-,30+/m0/s1. The summed E-state index contributed by atoms with van der Waals surface area (Å²) < 4.78 is 18.1. The van der Waals surface area contributed by atoms with E-state index in [2.05, 4.69) is 0 Å². The number of carbonyl (C=O) groups is 3. The first-order valence-corrected chi connectivity index (χ1v) is 13.5. The van der Waals surface area contributed by atoms with Crippen LogP contribution < -0.4 is 0 Å². The summed E-state index contributed by atoms with van der Waals surface area (Å²) in [4.78, 5) is 40.6. The summed E-state index contributed by atoms with van der Waals surface area (Å²) in [5.41, 5.74) is -5.19. The summed E-state index contributed by atoms with van der Waals surface area (Å²) in [5.74, 6) is -3.34. The Labute approximate surface area is 228 Å². The zero-order valence-corrected chi connectivity index (χ0v) is 23.3. The lowest BCUT2D eigenvalue weighted by Gasteiger charge is -2.67. The highest BCUT2D eigenvalue weighted by atomic mass is 16.6. The van der Waals surface area contributed by atoms with Gasteiger partial charge in [-0.25, -0.2) is 4.79 Å². The SMILES string of the molecule is CC(=O)O[C@@]12CO[C@@H]1C[C@H](C)[C@@]1(C)C(=O)[C@H](O)C3=C(C)C(O)C[C@@](O)([C@@H](OC(=O)c4ccccc4)[C@H]21)C3(C)C. The number of rotatable bonds is 3. The van der Waals surface area contributed by atoms with Crippen molar-refractivity contribution >= 4 is 17.7 Å². The first-order valence-electron chi connectivity index (χ1n) is 13.5. The Kier molecular flexibility index (Phi) is 6.42. The van der Waals surface area contributed by atoms with Gasteiger partial charge in [0.15, 0.2) is 11.4 Å². The van der Waals surface area contributed by atoms with Crippen LogP contribution in [0.4, 0.5) is 0 Å². The third kappa shape index (κ3) is 3.63. The Morgan fingerprint density at radius 3 is 2.31 bits per heavy atom. The molecule has 4 aliphatic rings. The van der Waals surface area contributed by atoms with Gasteiger partial charge in [0.2, 0.25) is 0 Å². The minimum Gasteiger partial charge on any atom is -0.455 e. The Morgan fingerprint density at radius 1 is 1.10 bits per heavy atom. The van der Waals surface area contributed by atoms with Crippen LogP contribution in [0.25, 0.3) is 0 Å². The number of Topliss-reactive ketones (excluding diaryl/α,β-unsaturated/α-hetero) is 1. The molecule has 2 saturated carbocycles. The molecule has 1 aromatic carbocycles. The van der Waals surface area contributed by atoms with Crippen molar-refractivity contribution in [3.63, 3.8) is 0 Å². The molecule has 5 rings (SSSR count). The molecule has 0 aromatic heterocycles. The van der Waals surface area contributed by atoms with Crippen molar-refractivity contribution < 1.29 is 43.9 Å². The molecule has 1 unspecified atom stereocenters. The van der Waals surface area contributed by atoms with Crippen LogP contribution in [0.2, 0.25) is 0 Å². The fourth-order valence-corrected chi connectivity index (χ4v) is 7.96. The Balaban J connectivity index is 1.81. The monoisotopic (exact) mass is 542 g/mol. The van der Waals surface area contributed by atoms with E-state index in [1.165, 1.54) is 6.92 Å². The van der Waals surface area contributed by atoms with Gasteiger partial charge in [0.1, 0.15) is 23.9 Å². The molecule has 1 saturated heterocycles. The normalized spacial score (nSPS) is 42.7. The molecule has 3 aliphatic carbocycles. The van der Waals surface area contributed by atoms with Crippen LogP contribution in [0, 0.1) is 22.7 Å². The number of benzene rings is 1. The van der Waals surface area contributed by atoms with Crippen molar-refractivity contribution in [2.45, 2.75) is 90.0 Å². The van der Waals surface area contributed by atoms with Crippen molar-refractivity contribution in [1.29, 1.82) is 0 Å². The topological polar surface area (TPSA) is 140 Å². The smallest absolute Gasteiger partial charge is 0.338 e. The average molecular weight is 543 g/mol. The highest BCUT2D eigenvalue weighted by molar-refractivity contribution is 5.93. The van der Waals surface area contributed by atoms with Gasteiger partial charge in [-0.2, -0.15) is 0 Å². The third-order valence-corrected chi connectivity index (χ3v) is 10.4. The number of carbonyl (C=O) groups excluding carboxylic acids is 3. The van der Waals surface area contributed by atoms with E-state index in [1.54, 1.807) is 58.0 Å². The van der Waals surface area contributed by atoms with Gasteiger partial charge in [-0.05, 0) is 42.5 Å². The predicted molar refractivity (Wildman–Crippen MR) is 138 cm³/mol. The molecule has 0 amide bonds. The molecule has 0 radical (unpaired) electrons. The molecule has 3 N–H and O–H groups in total. The number of ether oxygens (including phenoxy) is 3. The zero-order valence-electron chi connectivity index (χ0n) is 23.3. The second kappa shape index (κ2) is 8.96. The number of ketones is 1. The molecule has 39 heavy (non-hydrogen) atoms. The molecule has 9 atom stereocenters. The molecule has 1 aromatic rings. The van der Waals surface area contributed by atoms with E-state index < -0.39 is 76.0 Å². The van der Waals surface area contributed by atoms with Gasteiger partial charge < -0.3 is 29.5 Å². The summed E-state index contributed by atoms with van der Waals surface area (Å²) in [6.07, 6.45) is -4.70. The van der Waals surface area contributed by atoms with Crippen LogP contribution >= 0.6 is 0 Å². The first-order chi connectivity index (χ1) is 18.1. The maximum absolute atomic E-state index is 14.4. The lowest BCUT2D eigenvalue weighted by Crippen LogP contribution is -2.80. The van der Waals surface area contributed by atoms with Gasteiger partial charge in [-0.3, -0.25) is 9.59 Å². The summed E-state index contributed by atoms with van der Waals surface area (Å²) in [6.45, 7) is 9.76. The van der Waals surface area contributed by atoms with E-state index in [9.17, 15) is 29.7 Å². The van der Waals surface area contributed by atoms with E-state index in [1.807, 2.05) is 6.92 Å². The van der Waals surface area contributed by atoms with Gasteiger partial charge in [-0.1, -0.05) is 45.9 Å². The predicted octanol–water partition coefficient (Wildman–Crippen LogP) is 2.36. The minimum absolute atomic E-state index is 0.0617. The second-order valence-corrected chi connectivity index (χ2v) is 12.6. The molecule has 9 heteroatoms. The lowest BCUT2D eigenvalue weighted by molar-refractivity contribution is -0.340. The maximum atomic E-state index is 14.4. The molecule has 0 spiro atoms. The largest absolute Gasteiger partial charge is 0.455 e. The zero-order chi connectivity index (χ0) is 28.7. The molecule has 2 bridgehead atoms. The van der Waals surface area contributed by atoms with Crippen molar-refractivity contribution in [2.75, 3.05) is 6.61 Å². The summed E-state index contributed by atoms with van der Waals surface area (Å²) in [6, 6.07) is 8.29. The van der Waals surface area contributed by atoms with Crippen LogP contribution in [0.15, 0.2) is 41.5 Å². The molecule has 9 nitrogen and oxygen atoms in total. The van der Waals surface area contributed by atoms with E-state index in [4.69, 9.17) is 14.2 Å². The third-order valence-electron chi connectivity index (χ3n) is 10.4. The number of aliphatic hydroxyl groups excluding tert-OH is 2. The average Bonchev–Trinajstić information content (AvgIpc) is 2.87. The van der Waals surface area contributed by atoms with Crippen LogP contribution in [0.3, 0.4) is 0 Å². The van der Waals surface area contributed by atoms with Crippen LogP contribution in [-0.2, 0) is 23.8 Å². The number of hydrogen-bond acceptors (Lipinski definition) is 9. The number of hydrogen-bond donors (Lipinski definition) is 3. The number of esters is 2. The minimum atomic E-state index is -1.95. The first kappa shape index (κ1) is 28.0. The van der Waals surface area contributed by atoms with Crippen LogP contribution in [0.1, 0.15) is 64.7 Å². The molecule has 1 heterocycles. The fraction of sp³-hybridized carbons (Fsp3) is 0.633. The Hall–Kier alpha value is -2.59. The van der Waals surface area contributed by atoms with Gasteiger partial charge in [0.05, 0.1) is 24.2 Å². The molecular weight excluding hydrogens is 504 g/mol. The second-order valence-electron chi connectivity index (χ2n) is 12.6. The number of fused-ring (bicyclic) bond motifs is 5. The molecule has 3 fully saturated rings. The highest BCUT2D eigenvalue weighted by Crippen LogP contribution is 2.65. The van der Waals surface area contributed by atoms with E-state index in [0.29, 0.717) is 12.0 Å². The Morgan fingerprint density at radius 2 is 1.74 bits per heavy atom. The van der Waals surface area contributed by atoms with E-state index >= 15 is 0 Å². The van der Waals surface area contributed by atoms with Gasteiger partial charge in [-0.15, -0.1) is 0 Å². The van der Waals surface area contributed by atoms with Gasteiger partial charge >= 0.3 is 11.9 Å². The Bertz CT molecular complexity index is 1240. The maximum Gasteiger partial charge on any atom is 0.338 e. The van der Waals surface area contributed by atoms with Gasteiger partial charge in [0, 0.05) is 24.2 Å². The molecular formula is C30H38O9. The molecule has 1 aliphatic heterocycles. The van der Waals surface area contributed by atoms with Crippen molar-refractivity contribution in [3.8, 4) is 0 Å². The van der Waals surface area contributed by atoms with Crippen LogP contribution in [-0.4, -0.2) is 75.3 Å². The van der Waals surface area contributed by atoms with E-state index in [-0.39, 0.29) is 24.2 Å². The number of aliphatic hydroxyl groups is 3. The van der Waals surface area contributed by atoms with Crippen molar-refractivity contribution in [2.24, 2.45) is 22.7 Å². The van der Waals surface area contributed by atoms with Crippen molar-refractivity contribution in [1.82, 2.24) is 0 Å². The summed E-state index contributed by atoms with van der Waals surface area (Å²) in [5, 5.41) is 35.5. The van der Waals surface area contributed by atoms with Crippen molar-refractivity contribution in [3.05, 3.63) is 47.0 Å². The summed E-state index contributed by atoms with van der Waals surface area (Å²) >= 11 is 0. The molecule has 212 valence electrons. The van der Waals surface area contributed by atoms with Crippen LogP contribution in [0.5, 0.6) is 0 Å². The lowest BCUT2D eigenvalue weighted by atomic mass is 9.43. The highest BCUT2D eigenvalue weighted by Gasteiger charge is 2.77. The quantitative estimate of drug-likeness (QED) is 0.388. The summed E-state index contributed by atoms with van der Waals surface area (Å²) in [7, 11) is 0. The van der Waals surface area contributed by atoms with Gasteiger partial charge in [0.25, 0.3) is 0 Å². The van der Waals surface area contributed by atoms with E-state index in [0.717, 1.165) is 0 Å².